The van der Waals surface area contributed by atoms with Crippen LogP contribution in [0.4, 0.5) is 4.39 Å². The molecule has 0 aliphatic carbocycles. The van der Waals surface area contributed by atoms with E-state index >= 15 is 0 Å². The molecular formula is C12H5ClFN5O. The van der Waals surface area contributed by atoms with Crippen molar-refractivity contribution in [3.8, 4) is 17.7 Å². The lowest BCUT2D eigenvalue weighted by Gasteiger charge is -2.08. The second-order valence-electron chi connectivity index (χ2n) is 3.75. The minimum Gasteiger partial charge on any atom is -0.436 e. The van der Waals surface area contributed by atoms with Crippen LogP contribution < -0.4 is 4.74 Å². The van der Waals surface area contributed by atoms with Gasteiger partial charge >= 0.3 is 0 Å². The SMILES string of the molecule is N#Cc1ccc(Oc2cc(Cl)nc3ncnn23)c(F)c1. The van der Waals surface area contributed by atoms with Crippen molar-refractivity contribution in [2.45, 2.75) is 0 Å². The van der Waals surface area contributed by atoms with Crippen LogP contribution in [-0.4, -0.2) is 19.6 Å². The lowest BCUT2D eigenvalue weighted by Crippen LogP contribution is -1.99. The highest BCUT2D eigenvalue weighted by atomic mass is 35.5. The van der Waals surface area contributed by atoms with Crippen molar-refractivity contribution in [3.05, 3.63) is 47.1 Å². The van der Waals surface area contributed by atoms with E-state index in [0.29, 0.717) is 0 Å². The first kappa shape index (κ1) is 12.3. The third-order valence-corrected chi connectivity index (χ3v) is 2.66. The Morgan fingerprint density at radius 3 is 2.95 bits per heavy atom. The van der Waals surface area contributed by atoms with Gasteiger partial charge < -0.3 is 4.74 Å². The molecule has 3 aromatic rings. The van der Waals surface area contributed by atoms with Crippen LogP contribution in [0.15, 0.2) is 30.6 Å². The molecule has 8 heteroatoms. The normalized spacial score (nSPS) is 10.4. The van der Waals surface area contributed by atoms with Gasteiger partial charge in [-0.3, -0.25) is 0 Å². The van der Waals surface area contributed by atoms with Crippen LogP contribution in [-0.2, 0) is 0 Å². The predicted molar refractivity (Wildman–Crippen MR) is 67.0 cm³/mol. The second-order valence-corrected chi connectivity index (χ2v) is 4.14. The number of aromatic nitrogens is 4. The molecule has 2 heterocycles. The van der Waals surface area contributed by atoms with E-state index in [1.54, 1.807) is 0 Å². The van der Waals surface area contributed by atoms with Gasteiger partial charge in [0.2, 0.25) is 5.88 Å². The molecule has 0 N–H and O–H groups in total. The predicted octanol–water partition coefficient (Wildman–Crippen LogP) is 2.58. The van der Waals surface area contributed by atoms with E-state index in [-0.39, 0.29) is 28.1 Å². The summed E-state index contributed by atoms with van der Waals surface area (Å²) >= 11 is 5.83. The highest BCUT2D eigenvalue weighted by molar-refractivity contribution is 6.29. The minimum atomic E-state index is -0.662. The van der Waals surface area contributed by atoms with Crippen LogP contribution in [0.25, 0.3) is 5.78 Å². The smallest absolute Gasteiger partial charge is 0.256 e. The van der Waals surface area contributed by atoms with Crippen molar-refractivity contribution in [1.82, 2.24) is 19.6 Å². The Morgan fingerprint density at radius 1 is 1.35 bits per heavy atom. The van der Waals surface area contributed by atoms with E-state index < -0.39 is 5.82 Å². The van der Waals surface area contributed by atoms with Gasteiger partial charge in [-0.15, -0.1) is 0 Å². The topological polar surface area (TPSA) is 76.1 Å². The Kier molecular flexibility index (Phi) is 2.93. The van der Waals surface area contributed by atoms with Crippen molar-refractivity contribution in [2.75, 3.05) is 0 Å². The standard InChI is InChI=1S/C12H5ClFN5O/c13-10-4-11(19-12(18-10)16-6-17-19)20-9-2-1-7(5-15)3-8(9)14/h1-4,6H. The molecule has 0 aliphatic heterocycles. The van der Waals surface area contributed by atoms with Crippen LogP contribution in [0.1, 0.15) is 5.56 Å². The third kappa shape index (κ3) is 2.13. The van der Waals surface area contributed by atoms with E-state index in [2.05, 4.69) is 15.1 Å². The van der Waals surface area contributed by atoms with Crippen molar-refractivity contribution in [2.24, 2.45) is 0 Å². The fourth-order valence-electron chi connectivity index (χ4n) is 1.60. The number of ether oxygens (including phenoxy) is 1. The summed E-state index contributed by atoms with van der Waals surface area (Å²) in [6, 6.07) is 7.11. The van der Waals surface area contributed by atoms with Crippen LogP contribution >= 0.6 is 11.6 Å². The Labute approximate surface area is 117 Å². The summed E-state index contributed by atoms with van der Waals surface area (Å²) in [5.74, 6) is -0.309. The van der Waals surface area contributed by atoms with Crippen molar-refractivity contribution < 1.29 is 9.13 Å². The Hall–Kier alpha value is -2.72. The van der Waals surface area contributed by atoms with Gasteiger partial charge in [-0.05, 0) is 18.2 Å². The van der Waals surface area contributed by atoms with Crippen molar-refractivity contribution in [1.29, 1.82) is 5.26 Å². The lowest BCUT2D eigenvalue weighted by atomic mass is 10.2. The zero-order valence-electron chi connectivity index (χ0n) is 9.79. The van der Waals surface area contributed by atoms with Gasteiger partial charge in [0.15, 0.2) is 11.6 Å². The summed E-state index contributed by atoms with van der Waals surface area (Å²) < 4.78 is 20.5. The Morgan fingerprint density at radius 2 is 2.20 bits per heavy atom. The number of halogens is 2. The van der Waals surface area contributed by atoms with Crippen LogP contribution in [0, 0.1) is 17.1 Å². The summed E-state index contributed by atoms with van der Waals surface area (Å²) in [6.07, 6.45) is 1.28. The van der Waals surface area contributed by atoms with Gasteiger partial charge in [-0.25, -0.2) is 4.39 Å². The van der Waals surface area contributed by atoms with E-state index in [4.69, 9.17) is 21.6 Å². The Bertz CT molecular complexity index is 841. The maximum Gasteiger partial charge on any atom is 0.256 e. The Balaban J connectivity index is 2.05. The summed E-state index contributed by atoms with van der Waals surface area (Å²) in [5.41, 5.74) is 0.202. The number of fused-ring (bicyclic) bond motifs is 1. The summed E-state index contributed by atoms with van der Waals surface area (Å²) in [6.45, 7) is 0. The number of hydrogen-bond acceptors (Lipinski definition) is 5. The lowest BCUT2D eigenvalue weighted by molar-refractivity contribution is 0.415. The average Bonchev–Trinajstić information content (AvgIpc) is 2.89. The maximum atomic E-state index is 13.8. The molecule has 0 radical (unpaired) electrons. The fraction of sp³-hybridized carbons (Fsp3) is 0. The van der Waals surface area contributed by atoms with Gasteiger partial charge in [-0.2, -0.15) is 24.8 Å². The number of benzene rings is 1. The molecule has 0 saturated carbocycles. The molecule has 0 aliphatic rings. The molecule has 98 valence electrons. The van der Waals surface area contributed by atoms with Crippen LogP contribution in [0.5, 0.6) is 11.6 Å². The first-order valence-corrected chi connectivity index (χ1v) is 5.79. The van der Waals surface area contributed by atoms with Gasteiger partial charge in [0.1, 0.15) is 11.5 Å². The second kappa shape index (κ2) is 4.75. The quantitative estimate of drug-likeness (QED) is 0.678. The molecule has 0 spiro atoms. The van der Waals surface area contributed by atoms with Gasteiger partial charge in [-0.1, -0.05) is 11.6 Å². The molecule has 0 bridgehead atoms. The number of nitriles is 1. The van der Waals surface area contributed by atoms with Gasteiger partial charge in [0.25, 0.3) is 5.78 Å². The number of hydrogen-bond donors (Lipinski definition) is 0. The molecule has 1 aromatic carbocycles. The summed E-state index contributed by atoms with van der Waals surface area (Å²) in [5, 5.41) is 12.7. The molecular weight excluding hydrogens is 285 g/mol. The first-order valence-electron chi connectivity index (χ1n) is 5.41. The molecule has 6 nitrogen and oxygen atoms in total. The summed E-state index contributed by atoms with van der Waals surface area (Å²) in [7, 11) is 0. The van der Waals surface area contributed by atoms with Gasteiger partial charge in [0, 0.05) is 6.07 Å². The average molecular weight is 290 g/mol. The summed E-state index contributed by atoms with van der Waals surface area (Å²) in [4.78, 5) is 7.80. The first-order chi connectivity index (χ1) is 9.67. The largest absolute Gasteiger partial charge is 0.436 e. The minimum absolute atomic E-state index is 0.0527. The van der Waals surface area contributed by atoms with E-state index in [1.807, 2.05) is 6.07 Å². The fourth-order valence-corrected chi connectivity index (χ4v) is 1.77. The molecule has 2 aromatic heterocycles. The highest BCUT2D eigenvalue weighted by Gasteiger charge is 2.11. The maximum absolute atomic E-state index is 13.8. The molecule has 20 heavy (non-hydrogen) atoms. The monoisotopic (exact) mass is 289 g/mol. The van der Waals surface area contributed by atoms with Crippen LogP contribution in [0.2, 0.25) is 5.15 Å². The molecule has 0 saturated heterocycles. The third-order valence-electron chi connectivity index (χ3n) is 2.46. The van der Waals surface area contributed by atoms with E-state index in [9.17, 15) is 4.39 Å². The molecule has 0 atom stereocenters. The van der Waals surface area contributed by atoms with E-state index in [1.165, 1.54) is 29.0 Å². The zero-order chi connectivity index (χ0) is 14.1. The highest BCUT2D eigenvalue weighted by Crippen LogP contribution is 2.26. The van der Waals surface area contributed by atoms with Gasteiger partial charge in [0.05, 0.1) is 11.6 Å². The van der Waals surface area contributed by atoms with Crippen molar-refractivity contribution in [3.63, 3.8) is 0 Å². The molecule has 0 unspecified atom stereocenters. The molecule has 0 amide bonds. The number of rotatable bonds is 2. The van der Waals surface area contributed by atoms with Crippen molar-refractivity contribution >= 4 is 17.4 Å². The number of nitrogens with zero attached hydrogens (tertiary/aromatic N) is 5. The van der Waals surface area contributed by atoms with Crippen LogP contribution in [0.3, 0.4) is 0 Å². The van der Waals surface area contributed by atoms with E-state index in [0.717, 1.165) is 6.07 Å². The molecule has 0 fully saturated rings. The zero-order valence-corrected chi connectivity index (χ0v) is 10.5. The molecule has 3 rings (SSSR count).